The van der Waals surface area contributed by atoms with Crippen LogP contribution in [-0.4, -0.2) is 65.0 Å². The van der Waals surface area contributed by atoms with Crippen LogP contribution in [0.3, 0.4) is 0 Å². The average Bonchev–Trinajstić information content (AvgIpc) is 3.09. The number of likely N-dealkylation sites (tertiary alicyclic amines) is 1. The van der Waals surface area contributed by atoms with Crippen molar-refractivity contribution in [1.82, 2.24) is 15.5 Å². The second-order valence-electron chi connectivity index (χ2n) is 5.26. The highest BCUT2D eigenvalue weighted by atomic mass is 16.4. The molecule has 1 unspecified atom stereocenters. The summed E-state index contributed by atoms with van der Waals surface area (Å²) in [5.41, 5.74) is 0. The zero-order chi connectivity index (χ0) is 14.0. The van der Waals surface area contributed by atoms with Crippen molar-refractivity contribution in [2.45, 2.75) is 44.2 Å². The highest BCUT2D eigenvalue weighted by Crippen LogP contribution is 2.34. The van der Waals surface area contributed by atoms with Gasteiger partial charge >= 0.3 is 7.12 Å². The van der Waals surface area contributed by atoms with Crippen LogP contribution in [0.25, 0.3) is 0 Å². The quantitative estimate of drug-likeness (QED) is 0.412. The molecule has 0 spiro atoms. The van der Waals surface area contributed by atoms with Crippen molar-refractivity contribution >= 4 is 18.9 Å². The second-order valence-corrected chi connectivity index (χ2v) is 5.26. The molecule has 0 aromatic heterocycles. The smallest absolute Gasteiger partial charge is 0.426 e. The summed E-state index contributed by atoms with van der Waals surface area (Å²) in [4.78, 5) is 25.5. The fourth-order valence-electron chi connectivity index (χ4n) is 2.20. The number of carbonyl (C=O) groups excluding carboxylic acids is 2. The summed E-state index contributed by atoms with van der Waals surface area (Å²) in [5.74, 6) is -1.30. The summed E-state index contributed by atoms with van der Waals surface area (Å²) < 4.78 is 0. The molecule has 19 heavy (non-hydrogen) atoms. The van der Waals surface area contributed by atoms with E-state index in [1.807, 2.05) is 0 Å². The number of carbonyl (C=O) groups is 2. The number of amides is 2. The van der Waals surface area contributed by atoms with Gasteiger partial charge in [0.15, 0.2) is 0 Å². The van der Waals surface area contributed by atoms with Gasteiger partial charge in [0.05, 0.1) is 18.5 Å². The summed E-state index contributed by atoms with van der Waals surface area (Å²) in [6.07, 6.45) is 3.17. The van der Waals surface area contributed by atoms with Gasteiger partial charge in [0.1, 0.15) is 0 Å². The summed E-state index contributed by atoms with van der Waals surface area (Å²) in [6, 6.07) is 0.462. The SMILES string of the molecule is CC(NC(=O)CNC(=O)[C@@H]1CCN1C1CC1)B(O)O. The molecule has 0 radical (unpaired) electrons. The molecule has 2 rings (SSSR count). The minimum Gasteiger partial charge on any atom is -0.426 e. The lowest BCUT2D eigenvalue weighted by atomic mass is 9.81. The molecule has 1 saturated heterocycles. The minimum atomic E-state index is -1.60. The van der Waals surface area contributed by atoms with Gasteiger partial charge < -0.3 is 20.7 Å². The van der Waals surface area contributed by atoms with E-state index < -0.39 is 19.0 Å². The van der Waals surface area contributed by atoms with Crippen molar-refractivity contribution in [3.8, 4) is 0 Å². The maximum atomic E-state index is 11.9. The van der Waals surface area contributed by atoms with Crippen LogP contribution in [0.15, 0.2) is 0 Å². The molecule has 1 aliphatic heterocycles. The second kappa shape index (κ2) is 5.89. The summed E-state index contributed by atoms with van der Waals surface area (Å²) >= 11 is 0. The Morgan fingerprint density at radius 3 is 2.53 bits per heavy atom. The standard InChI is InChI=1S/C11H20BN3O4/c1-7(12(18)19)14-10(16)6-13-11(17)9-4-5-15(9)8-2-3-8/h7-9,18-19H,2-6H2,1H3,(H,13,17)(H,14,16)/t7?,9-/m0/s1. The molecule has 2 amide bonds. The highest BCUT2D eigenvalue weighted by Gasteiger charge is 2.42. The van der Waals surface area contributed by atoms with Gasteiger partial charge in [-0.1, -0.05) is 0 Å². The summed E-state index contributed by atoms with van der Waals surface area (Å²) in [5, 5.41) is 22.6. The molecule has 1 aliphatic carbocycles. The Labute approximate surface area is 112 Å². The first-order valence-corrected chi connectivity index (χ1v) is 6.68. The molecule has 2 atom stereocenters. The Morgan fingerprint density at radius 2 is 2.05 bits per heavy atom. The predicted octanol–water partition coefficient (Wildman–Crippen LogP) is -2.14. The van der Waals surface area contributed by atoms with E-state index >= 15 is 0 Å². The van der Waals surface area contributed by atoms with Crippen LogP contribution in [0.4, 0.5) is 0 Å². The molecule has 2 aliphatic rings. The lowest BCUT2D eigenvalue weighted by Crippen LogP contribution is -2.58. The largest absolute Gasteiger partial charge is 0.475 e. The molecule has 0 aromatic carbocycles. The third-order valence-electron chi connectivity index (χ3n) is 3.64. The molecule has 7 nitrogen and oxygen atoms in total. The average molecular weight is 269 g/mol. The first kappa shape index (κ1) is 14.3. The maximum absolute atomic E-state index is 11.9. The van der Waals surface area contributed by atoms with Crippen molar-refractivity contribution in [2.75, 3.05) is 13.1 Å². The number of nitrogens with zero attached hydrogens (tertiary/aromatic N) is 1. The van der Waals surface area contributed by atoms with E-state index in [1.165, 1.54) is 6.92 Å². The topological polar surface area (TPSA) is 102 Å². The first-order valence-electron chi connectivity index (χ1n) is 6.68. The Morgan fingerprint density at radius 1 is 1.37 bits per heavy atom. The molecule has 1 heterocycles. The van der Waals surface area contributed by atoms with Crippen LogP contribution in [0.2, 0.25) is 0 Å². The van der Waals surface area contributed by atoms with E-state index in [4.69, 9.17) is 10.0 Å². The van der Waals surface area contributed by atoms with E-state index in [2.05, 4.69) is 15.5 Å². The van der Waals surface area contributed by atoms with Crippen LogP contribution < -0.4 is 10.6 Å². The van der Waals surface area contributed by atoms with E-state index in [0.29, 0.717) is 6.04 Å². The monoisotopic (exact) mass is 269 g/mol. The molecular weight excluding hydrogens is 249 g/mol. The van der Waals surface area contributed by atoms with Crippen LogP contribution in [0.1, 0.15) is 26.2 Å². The predicted molar refractivity (Wildman–Crippen MR) is 68.9 cm³/mol. The number of hydrogen-bond acceptors (Lipinski definition) is 5. The van der Waals surface area contributed by atoms with E-state index in [9.17, 15) is 9.59 Å². The summed E-state index contributed by atoms with van der Waals surface area (Å²) in [7, 11) is -1.60. The molecule has 0 bridgehead atoms. The van der Waals surface area contributed by atoms with Crippen molar-refractivity contribution < 1.29 is 19.6 Å². The van der Waals surface area contributed by atoms with E-state index in [-0.39, 0.29) is 18.5 Å². The minimum absolute atomic E-state index is 0.0962. The lowest BCUT2D eigenvalue weighted by Gasteiger charge is -2.39. The molecular formula is C11H20BN3O4. The van der Waals surface area contributed by atoms with Crippen LogP contribution in [0.5, 0.6) is 0 Å². The number of rotatable bonds is 6. The van der Waals surface area contributed by atoms with Crippen molar-refractivity contribution in [2.24, 2.45) is 0 Å². The van der Waals surface area contributed by atoms with Crippen LogP contribution in [-0.2, 0) is 9.59 Å². The van der Waals surface area contributed by atoms with Gasteiger partial charge in [0, 0.05) is 12.6 Å². The normalized spacial score (nSPS) is 24.3. The molecule has 4 N–H and O–H groups in total. The third kappa shape index (κ3) is 3.68. The van der Waals surface area contributed by atoms with Crippen LogP contribution >= 0.6 is 0 Å². The van der Waals surface area contributed by atoms with E-state index in [1.54, 1.807) is 0 Å². The molecule has 2 fully saturated rings. The Bertz CT molecular complexity index is 362. The van der Waals surface area contributed by atoms with Gasteiger partial charge in [-0.2, -0.15) is 0 Å². The van der Waals surface area contributed by atoms with Gasteiger partial charge in [-0.25, -0.2) is 0 Å². The Balaban J connectivity index is 1.67. The van der Waals surface area contributed by atoms with E-state index in [0.717, 1.165) is 25.8 Å². The molecule has 1 saturated carbocycles. The molecule has 106 valence electrons. The summed E-state index contributed by atoms with van der Waals surface area (Å²) in [6.45, 7) is 2.30. The van der Waals surface area contributed by atoms with Gasteiger partial charge in [0.25, 0.3) is 0 Å². The fraction of sp³-hybridized carbons (Fsp3) is 0.818. The number of nitrogens with one attached hydrogen (secondary N) is 2. The van der Waals surface area contributed by atoms with Gasteiger partial charge in [-0.15, -0.1) is 0 Å². The Hall–Kier alpha value is -1.12. The third-order valence-corrected chi connectivity index (χ3v) is 3.64. The van der Waals surface area contributed by atoms with Crippen molar-refractivity contribution in [3.63, 3.8) is 0 Å². The first-order chi connectivity index (χ1) is 8.99. The van der Waals surface area contributed by atoms with Gasteiger partial charge in [0.2, 0.25) is 11.8 Å². The highest BCUT2D eigenvalue weighted by molar-refractivity contribution is 6.43. The lowest BCUT2D eigenvalue weighted by molar-refractivity contribution is -0.133. The zero-order valence-electron chi connectivity index (χ0n) is 11.0. The zero-order valence-corrected chi connectivity index (χ0v) is 11.0. The van der Waals surface area contributed by atoms with Gasteiger partial charge in [-0.05, 0) is 26.2 Å². The molecule has 0 aromatic rings. The molecule has 8 heteroatoms. The van der Waals surface area contributed by atoms with Crippen molar-refractivity contribution in [3.05, 3.63) is 0 Å². The van der Waals surface area contributed by atoms with Crippen molar-refractivity contribution in [1.29, 1.82) is 0 Å². The maximum Gasteiger partial charge on any atom is 0.475 e. The number of hydrogen-bond donors (Lipinski definition) is 4. The van der Waals surface area contributed by atoms with Gasteiger partial charge in [-0.3, -0.25) is 14.5 Å². The Kier molecular flexibility index (Phi) is 4.44. The fourth-order valence-corrected chi connectivity index (χ4v) is 2.20. The van der Waals surface area contributed by atoms with Crippen LogP contribution in [0, 0.1) is 0 Å².